The Kier molecular flexibility index (Phi) is 4.80. The summed E-state index contributed by atoms with van der Waals surface area (Å²) >= 11 is 0. The maximum atomic E-state index is 13.2. The number of ketones is 2. The molecule has 1 heterocycles. The molecule has 3 saturated carbocycles. The molecule has 31 heavy (non-hydrogen) atoms. The molecule has 3 nitrogen and oxygen atoms in total. The Hall–Kier alpha value is -1.22. The molecule has 3 heteroatoms. The molecule has 1 saturated heterocycles. The lowest BCUT2D eigenvalue weighted by molar-refractivity contribution is -0.138. The van der Waals surface area contributed by atoms with Gasteiger partial charge in [0.05, 0.1) is 6.10 Å². The highest BCUT2D eigenvalue weighted by molar-refractivity contribution is 5.98. The van der Waals surface area contributed by atoms with Gasteiger partial charge in [-0.15, -0.1) is 0 Å². The zero-order chi connectivity index (χ0) is 22.3. The number of fused-ring (bicyclic) bond motifs is 3. The highest BCUT2D eigenvalue weighted by Crippen LogP contribution is 2.75. The van der Waals surface area contributed by atoms with E-state index in [4.69, 9.17) is 4.74 Å². The van der Waals surface area contributed by atoms with E-state index in [9.17, 15) is 9.59 Å². The van der Waals surface area contributed by atoms with Crippen LogP contribution in [0.2, 0.25) is 0 Å². The highest BCUT2D eigenvalue weighted by atomic mass is 16.6. The van der Waals surface area contributed by atoms with Gasteiger partial charge in [-0.3, -0.25) is 9.59 Å². The summed E-state index contributed by atoms with van der Waals surface area (Å²) in [6, 6.07) is 0. The molecule has 1 spiro atoms. The van der Waals surface area contributed by atoms with Gasteiger partial charge in [-0.25, -0.2) is 0 Å². The first kappa shape index (κ1) is 21.6. The van der Waals surface area contributed by atoms with E-state index in [0.717, 1.165) is 19.3 Å². The quantitative estimate of drug-likeness (QED) is 0.415. The Balaban J connectivity index is 1.46. The van der Waals surface area contributed by atoms with Gasteiger partial charge in [0.25, 0.3) is 0 Å². The van der Waals surface area contributed by atoms with E-state index in [2.05, 4.69) is 53.7 Å². The zero-order valence-electron chi connectivity index (χ0n) is 20.2. The van der Waals surface area contributed by atoms with Crippen molar-refractivity contribution < 1.29 is 14.3 Å². The molecule has 5 aliphatic rings. The second kappa shape index (κ2) is 6.89. The van der Waals surface area contributed by atoms with E-state index in [1.165, 1.54) is 12.0 Å². The largest absolute Gasteiger partial charge is 0.361 e. The van der Waals surface area contributed by atoms with Gasteiger partial charge in [0, 0.05) is 24.2 Å². The van der Waals surface area contributed by atoms with Gasteiger partial charge in [0.1, 0.15) is 11.4 Å². The summed E-state index contributed by atoms with van der Waals surface area (Å²) in [5.41, 5.74) is 1.10. The Labute approximate surface area is 188 Å². The number of rotatable bonds is 4. The van der Waals surface area contributed by atoms with Gasteiger partial charge in [-0.2, -0.15) is 0 Å². The van der Waals surface area contributed by atoms with Gasteiger partial charge < -0.3 is 4.74 Å². The Morgan fingerprint density at radius 3 is 2.52 bits per heavy atom. The molecule has 0 aromatic carbocycles. The number of epoxide rings is 1. The van der Waals surface area contributed by atoms with Crippen LogP contribution < -0.4 is 0 Å². The van der Waals surface area contributed by atoms with Crippen LogP contribution in [0, 0.1) is 46.3 Å². The van der Waals surface area contributed by atoms with Crippen LogP contribution in [-0.4, -0.2) is 23.3 Å². The first-order valence-corrected chi connectivity index (χ1v) is 12.7. The monoisotopic (exact) mass is 424 g/mol. The number of allylic oxidation sites excluding steroid dienone is 3. The van der Waals surface area contributed by atoms with Crippen molar-refractivity contribution in [1.29, 1.82) is 0 Å². The molecule has 0 radical (unpaired) electrons. The molecule has 4 fully saturated rings. The molecule has 0 N–H and O–H groups in total. The Morgan fingerprint density at radius 1 is 1.06 bits per heavy atom. The van der Waals surface area contributed by atoms with Crippen LogP contribution in [-0.2, 0) is 14.3 Å². The van der Waals surface area contributed by atoms with Crippen molar-refractivity contribution in [1.82, 2.24) is 0 Å². The minimum absolute atomic E-state index is 0.0715. The van der Waals surface area contributed by atoms with Crippen LogP contribution in [0.1, 0.15) is 80.1 Å². The summed E-state index contributed by atoms with van der Waals surface area (Å²) in [6.07, 6.45) is 12.4. The van der Waals surface area contributed by atoms with Crippen molar-refractivity contribution in [2.24, 2.45) is 46.3 Å². The van der Waals surface area contributed by atoms with Gasteiger partial charge >= 0.3 is 0 Å². The van der Waals surface area contributed by atoms with Crippen molar-refractivity contribution in [3.05, 3.63) is 23.8 Å². The highest BCUT2D eigenvalue weighted by Gasteiger charge is 2.79. The average molecular weight is 425 g/mol. The fourth-order valence-corrected chi connectivity index (χ4v) is 8.12. The molecule has 9 atom stereocenters. The molecule has 0 amide bonds. The first-order chi connectivity index (χ1) is 14.5. The molecular weight excluding hydrogens is 384 g/mol. The molecule has 1 aliphatic heterocycles. The van der Waals surface area contributed by atoms with Crippen LogP contribution in [0.25, 0.3) is 0 Å². The van der Waals surface area contributed by atoms with E-state index < -0.39 is 0 Å². The molecule has 2 unspecified atom stereocenters. The van der Waals surface area contributed by atoms with Gasteiger partial charge in [-0.1, -0.05) is 53.7 Å². The number of hydrogen-bond acceptors (Lipinski definition) is 3. The lowest BCUT2D eigenvalue weighted by Gasteiger charge is -2.56. The predicted molar refractivity (Wildman–Crippen MR) is 122 cm³/mol. The molecule has 0 aromatic rings. The van der Waals surface area contributed by atoms with Crippen LogP contribution in [0.15, 0.2) is 23.8 Å². The Bertz CT molecular complexity index is 867. The fourth-order valence-electron chi connectivity index (χ4n) is 8.12. The zero-order valence-corrected chi connectivity index (χ0v) is 20.2. The van der Waals surface area contributed by atoms with E-state index in [-0.39, 0.29) is 40.0 Å². The second-order valence-corrected chi connectivity index (χ2v) is 12.3. The first-order valence-electron chi connectivity index (χ1n) is 12.7. The van der Waals surface area contributed by atoms with Crippen molar-refractivity contribution >= 4 is 11.6 Å². The van der Waals surface area contributed by atoms with Gasteiger partial charge in [0.2, 0.25) is 0 Å². The average Bonchev–Trinajstić information content (AvgIpc) is 3.38. The molecule has 5 rings (SSSR count). The molecule has 0 aromatic heterocycles. The van der Waals surface area contributed by atoms with E-state index >= 15 is 0 Å². The van der Waals surface area contributed by atoms with Crippen molar-refractivity contribution in [2.75, 3.05) is 0 Å². The number of carbonyl (C=O) groups excluding carboxylic acids is 2. The van der Waals surface area contributed by atoms with Gasteiger partial charge in [-0.05, 0) is 72.3 Å². The Morgan fingerprint density at radius 2 is 1.81 bits per heavy atom. The van der Waals surface area contributed by atoms with Crippen LogP contribution in [0.5, 0.6) is 0 Å². The summed E-state index contributed by atoms with van der Waals surface area (Å²) in [5.74, 6) is 3.11. The maximum absolute atomic E-state index is 13.2. The van der Waals surface area contributed by atoms with Crippen LogP contribution in [0.3, 0.4) is 0 Å². The number of carbonyl (C=O) groups is 2. The summed E-state index contributed by atoms with van der Waals surface area (Å²) in [6.45, 7) is 14.0. The SMILES string of the molecule is CC(C)C(C)/C=C/C(C)[C@H]1C[C@H]2O[C@]23C2=CC(=O)[C@@H]4CC(=O)CC[C@]4(C)[C@H]2CC[C@]13C. The summed E-state index contributed by atoms with van der Waals surface area (Å²) in [7, 11) is 0. The second-order valence-electron chi connectivity index (χ2n) is 12.3. The lowest BCUT2D eigenvalue weighted by Crippen LogP contribution is -2.55. The number of Topliss-reactive ketones (excluding diaryl/α,β-unsaturated/α-hetero) is 1. The minimum atomic E-state index is -0.225. The topological polar surface area (TPSA) is 46.7 Å². The maximum Gasteiger partial charge on any atom is 0.159 e. The fraction of sp³-hybridized carbons (Fsp3) is 0.786. The van der Waals surface area contributed by atoms with E-state index in [1.54, 1.807) is 0 Å². The summed E-state index contributed by atoms with van der Waals surface area (Å²) in [5, 5.41) is 0. The number of ether oxygens (including phenoxy) is 1. The third-order valence-corrected chi connectivity index (χ3v) is 10.6. The molecule has 170 valence electrons. The molecule has 4 aliphatic carbocycles. The smallest absolute Gasteiger partial charge is 0.159 e. The standard InChI is InChI=1S/C28H40O3/c1-16(2)17(3)7-8-18(4)21-15-25-28(31-25)22-14-24(30)23-13-19(29)9-11-26(23,5)20(22)10-12-27(21,28)6/h7-8,14,16-18,20-21,23,25H,9-13,15H2,1-6H3/b8-7+/t17?,18?,20-,21+,23-,25+,26+,27+,28+/m0/s1. The predicted octanol–water partition coefficient (Wildman–Crippen LogP) is 5.93. The van der Waals surface area contributed by atoms with Crippen LogP contribution in [0.4, 0.5) is 0 Å². The van der Waals surface area contributed by atoms with E-state index in [1.807, 2.05) is 6.08 Å². The summed E-state index contributed by atoms with van der Waals surface area (Å²) in [4.78, 5) is 25.4. The van der Waals surface area contributed by atoms with E-state index in [0.29, 0.717) is 42.4 Å². The minimum Gasteiger partial charge on any atom is -0.361 e. The van der Waals surface area contributed by atoms with Crippen molar-refractivity contribution in [3.8, 4) is 0 Å². The van der Waals surface area contributed by atoms with Crippen molar-refractivity contribution in [3.63, 3.8) is 0 Å². The third kappa shape index (κ3) is 2.81. The lowest BCUT2D eigenvalue weighted by atomic mass is 9.47. The molecular formula is C28H40O3. The number of hydrogen-bond donors (Lipinski definition) is 0. The normalized spacial score (nSPS) is 48.0. The third-order valence-electron chi connectivity index (χ3n) is 10.6. The van der Waals surface area contributed by atoms with Gasteiger partial charge in [0.15, 0.2) is 5.78 Å². The van der Waals surface area contributed by atoms with Crippen molar-refractivity contribution in [2.45, 2.75) is 91.8 Å². The molecule has 0 bridgehead atoms. The summed E-state index contributed by atoms with van der Waals surface area (Å²) < 4.78 is 6.54. The van der Waals surface area contributed by atoms with Crippen LogP contribution >= 0.6 is 0 Å².